The Morgan fingerprint density at radius 1 is 1.27 bits per heavy atom. The number of fused-ring (bicyclic) bond motifs is 1. The van der Waals surface area contributed by atoms with E-state index in [1.807, 2.05) is 10.8 Å². The van der Waals surface area contributed by atoms with E-state index in [1.165, 1.54) is 0 Å². The molecule has 1 heterocycles. The largest absolute Gasteiger partial charge is 0.268 e. The van der Waals surface area contributed by atoms with E-state index in [0.29, 0.717) is 5.92 Å². The Bertz CT molecular complexity index is 558. The molecule has 78 valence electrons. The maximum absolute atomic E-state index is 11.5. The van der Waals surface area contributed by atoms with Crippen LogP contribution in [0.25, 0.3) is 0 Å². The van der Waals surface area contributed by atoms with Gasteiger partial charge in [0, 0.05) is 0 Å². The van der Waals surface area contributed by atoms with Crippen LogP contribution >= 0.6 is 0 Å². The minimum Gasteiger partial charge on any atom is -0.268 e. The summed E-state index contributed by atoms with van der Waals surface area (Å²) in [5.74, 6) is -0.0338. The highest BCUT2D eigenvalue weighted by atomic mass is 32.2. The summed E-state index contributed by atoms with van der Waals surface area (Å²) in [5, 5.41) is 0. The van der Waals surface area contributed by atoms with Gasteiger partial charge in [-0.2, -0.15) is 0 Å². The van der Waals surface area contributed by atoms with E-state index in [2.05, 4.69) is 0 Å². The average Bonchev–Trinajstić information content (AvgIpc) is 2.96. The Morgan fingerprint density at radius 2 is 2.00 bits per heavy atom. The fraction of sp³-hybridized carbons (Fsp3) is 0.300. The number of amides is 1. The maximum Gasteiger partial charge on any atom is 0.266 e. The molecular formula is C10H9NO3S. The van der Waals surface area contributed by atoms with Gasteiger partial charge in [-0.05, 0) is 36.5 Å². The molecule has 0 bridgehead atoms. The van der Waals surface area contributed by atoms with Crippen molar-refractivity contribution in [1.29, 1.82) is 0 Å². The van der Waals surface area contributed by atoms with Gasteiger partial charge in [0.25, 0.3) is 15.9 Å². The highest BCUT2D eigenvalue weighted by Gasteiger charge is 2.34. The van der Waals surface area contributed by atoms with Crippen molar-refractivity contribution in [2.45, 2.75) is 23.7 Å². The zero-order valence-corrected chi connectivity index (χ0v) is 8.67. The van der Waals surface area contributed by atoms with Gasteiger partial charge < -0.3 is 0 Å². The third-order valence-corrected chi connectivity index (χ3v) is 4.19. The molecule has 1 aromatic carbocycles. The summed E-state index contributed by atoms with van der Waals surface area (Å²) in [4.78, 5) is 11.4. The van der Waals surface area contributed by atoms with Gasteiger partial charge in [0.15, 0.2) is 0 Å². The summed E-state index contributed by atoms with van der Waals surface area (Å²) in [6.07, 6.45) is 2.22. The molecule has 0 spiro atoms. The van der Waals surface area contributed by atoms with Crippen molar-refractivity contribution in [1.82, 2.24) is 4.72 Å². The third-order valence-electron chi connectivity index (χ3n) is 2.82. The molecule has 1 fully saturated rings. The van der Waals surface area contributed by atoms with Gasteiger partial charge in [0.2, 0.25) is 0 Å². The van der Waals surface area contributed by atoms with Gasteiger partial charge in [0.05, 0.1) is 5.56 Å². The number of nitrogens with one attached hydrogen (secondary N) is 1. The van der Waals surface area contributed by atoms with E-state index in [-0.39, 0.29) is 10.5 Å². The molecule has 15 heavy (non-hydrogen) atoms. The molecule has 1 N–H and O–H groups in total. The second-order valence-electron chi connectivity index (χ2n) is 3.96. The van der Waals surface area contributed by atoms with Crippen molar-refractivity contribution >= 4 is 15.9 Å². The van der Waals surface area contributed by atoms with Crippen molar-refractivity contribution < 1.29 is 13.2 Å². The minimum atomic E-state index is -3.58. The number of rotatable bonds is 1. The number of carbonyl (C=O) groups is 1. The number of carbonyl (C=O) groups excluding carboxylic acids is 1. The summed E-state index contributed by atoms with van der Waals surface area (Å²) in [7, 11) is -3.58. The summed E-state index contributed by atoms with van der Waals surface area (Å²) < 4.78 is 25.0. The first-order valence-electron chi connectivity index (χ1n) is 4.79. The van der Waals surface area contributed by atoms with Crippen molar-refractivity contribution in [2.24, 2.45) is 0 Å². The molecule has 0 saturated heterocycles. The predicted octanol–water partition coefficient (Wildman–Crippen LogP) is 0.996. The Balaban J connectivity index is 2.22. The van der Waals surface area contributed by atoms with Gasteiger partial charge >= 0.3 is 0 Å². The van der Waals surface area contributed by atoms with Crippen molar-refractivity contribution in [3.05, 3.63) is 29.3 Å². The minimum absolute atomic E-state index is 0.136. The lowest BCUT2D eigenvalue weighted by atomic mass is 10.1. The number of benzene rings is 1. The molecule has 1 aliphatic carbocycles. The van der Waals surface area contributed by atoms with E-state index < -0.39 is 15.9 Å². The lowest BCUT2D eigenvalue weighted by molar-refractivity contribution is 0.0985. The third kappa shape index (κ3) is 1.26. The predicted molar refractivity (Wildman–Crippen MR) is 53.1 cm³/mol. The van der Waals surface area contributed by atoms with Crippen LogP contribution in [0.15, 0.2) is 23.1 Å². The first-order valence-corrected chi connectivity index (χ1v) is 6.27. The monoisotopic (exact) mass is 223 g/mol. The highest BCUT2D eigenvalue weighted by molar-refractivity contribution is 7.90. The van der Waals surface area contributed by atoms with Crippen molar-refractivity contribution in [3.63, 3.8) is 0 Å². The molecule has 1 amide bonds. The molecule has 0 radical (unpaired) electrons. The van der Waals surface area contributed by atoms with Crippen LogP contribution in [-0.2, 0) is 10.0 Å². The fourth-order valence-electron chi connectivity index (χ4n) is 1.85. The standard InChI is InChI=1S/C10H9NO3S/c12-10-8-4-3-7(6-1-2-6)5-9(8)15(13,14)11-10/h3-6H,1-2H2,(H,11,12). The fourth-order valence-corrected chi connectivity index (χ4v) is 3.06. The maximum atomic E-state index is 11.5. The molecule has 2 aliphatic rings. The Hall–Kier alpha value is -1.36. The second-order valence-corrected chi connectivity index (χ2v) is 5.62. The van der Waals surface area contributed by atoms with Crippen LogP contribution in [0.4, 0.5) is 0 Å². The Labute approximate surface area is 87.4 Å². The van der Waals surface area contributed by atoms with Crippen LogP contribution in [0.5, 0.6) is 0 Å². The van der Waals surface area contributed by atoms with Gasteiger partial charge in [-0.1, -0.05) is 6.07 Å². The molecule has 5 heteroatoms. The normalized spacial score (nSPS) is 22.3. The quantitative estimate of drug-likeness (QED) is 0.772. The molecule has 0 aromatic heterocycles. The number of sulfonamides is 1. The topological polar surface area (TPSA) is 63.2 Å². The van der Waals surface area contributed by atoms with Crippen LogP contribution in [-0.4, -0.2) is 14.3 Å². The molecule has 1 aliphatic heterocycles. The molecule has 3 rings (SSSR count). The number of hydrogen-bond donors (Lipinski definition) is 1. The van der Waals surface area contributed by atoms with Crippen LogP contribution in [0.3, 0.4) is 0 Å². The summed E-state index contributed by atoms with van der Waals surface area (Å²) in [6.45, 7) is 0. The molecule has 0 unspecified atom stereocenters. The smallest absolute Gasteiger partial charge is 0.266 e. The van der Waals surface area contributed by atoms with E-state index in [0.717, 1.165) is 18.4 Å². The Morgan fingerprint density at radius 3 is 2.67 bits per heavy atom. The lowest BCUT2D eigenvalue weighted by Gasteiger charge is -2.00. The van der Waals surface area contributed by atoms with Crippen molar-refractivity contribution in [2.75, 3.05) is 0 Å². The van der Waals surface area contributed by atoms with Crippen LogP contribution in [0.2, 0.25) is 0 Å². The average molecular weight is 223 g/mol. The first kappa shape index (κ1) is 8.91. The molecule has 1 aromatic rings. The summed E-state index contributed by atoms with van der Waals surface area (Å²) in [5.41, 5.74) is 1.29. The zero-order chi connectivity index (χ0) is 10.6. The zero-order valence-electron chi connectivity index (χ0n) is 7.86. The van der Waals surface area contributed by atoms with Gasteiger partial charge in [-0.3, -0.25) is 4.79 Å². The molecule has 0 atom stereocenters. The summed E-state index contributed by atoms with van der Waals surface area (Å²) >= 11 is 0. The molecule has 1 saturated carbocycles. The van der Waals surface area contributed by atoms with Gasteiger partial charge in [0.1, 0.15) is 4.90 Å². The van der Waals surface area contributed by atoms with Crippen LogP contribution in [0.1, 0.15) is 34.7 Å². The number of hydrogen-bond acceptors (Lipinski definition) is 3. The Kier molecular flexibility index (Phi) is 1.55. The van der Waals surface area contributed by atoms with Gasteiger partial charge in [-0.25, -0.2) is 13.1 Å². The van der Waals surface area contributed by atoms with E-state index >= 15 is 0 Å². The van der Waals surface area contributed by atoms with Crippen LogP contribution < -0.4 is 4.72 Å². The van der Waals surface area contributed by atoms with E-state index in [4.69, 9.17) is 0 Å². The first-order chi connectivity index (χ1) is 7.08. The molecular weight excluding hydrogens is 214 g/mol. The highest BCUT2D eigenvalue weighted by Crippen LogP contribution is 2.41. The van der Waals surface area contributed by atoms with E-state index in [9.17, 15) is 13.2 Å². The molecule has 4 nitrogen and oxygen atoms in total. The lowest BCUT2D eigenvalue weighted by Crippen LogP contribution is -2.20. The van der Waals surface area contributed by atoms with E-state index in [1.54, 1.807) is 12.1 Å². The van der Waals surface area contributed by atoms with Crippen LogP contribution in [0, 0.1) is 0 Å². The van der Waals surface area contributed by atoms with Crippen molar-refractivity contribution in [3.8, 4) is 0 Å². The van der Waals surface area contributed by atoms with Gasteiger partial charge in [-0.15, -0.1) is 0 Å². The SMILES string of the molecule is O=C1NS(=O)(=O)c2cc(C3CC3)ccc21. The summed E-state index contributed by atoms with van der Waals surface area (Å²) in [6, 6.07) is 5.07. The second kappa shape index (κ2) is 2.61.